The smallest absolute Gasteiger partial charge is 0.351 e. The topological polar surface area (TPSA) is 169 Å². The van der Waals surface area contributed by atoms with Gasteiger partial charge in [-0.2, -0.15) is 13.5 Å². The summed E-state index contributed by atoms with van der Waals surface area (Å²) in [6.45, 7) is 0.136. The zero-order chi connectivity index (χ0) is 18.2. The molecule has 2 aliphatic heterocycles. The van der Waals surface area contributed by atoms with Gasteiger partial charge in [0, 0.05) is 12.7 Å². The lowest BCUT2D eigenvalue weighted by Gasteiger charge is -2.30. The number of amidine groups is 1. The van der Waals surface area contributed by atoms with Crippen molar-refractivity contribution < 1.29 is 26.8 Å². The van der Waals surface area contributed by atoms with Gasteiger partial charge in [-0.15, -0.1) is 4.28 Å². The third-order valence-corrected chi connectivity index (χ3v) is 4.35. The Labute approximate surface area is 142 Å². The number of hydroxylamine groups is 2. The number of hydrogen-bond acceptors (Lipinski definition) is 7. The minimum absolute atomic E-state index is 0.0207. The lowest BCUT2D eigenvalue weighted by molar-refractivity contribution is -0.119. The summed E-state index contributed by atoms with van der Waals surface area (Å²) in [6.07, 6.45) is 3.68. The number of aromatic amines is 1. The van der Waals surface area contributed by atoms with Crippen molar-refractivity contribution >= 4 is 28.2 Å². The second-order valence-corrected chi connectivity index (χ2v) is 6.71. The van der Waals surface area contributed by atoms with Crippen LogP contribution in [0, 0.1) is 5.41 Å². The van der Waals surface area contributed by atoms with Gasteiger partial charge < -0.3 is 15.2 Å². The second kappa shape index (κ2) is 6.42. The van der Waals surface area contributed by atoms with Gasteiger partial charge >= 0.3 is 16.4 Å². The Morgan fingerprint density at radius 2 is 2.28 bits per heavy atom. The summed E-state index contributed by atoms with van der Waals surface area (Å²) in [4.78, 5) is 32.1. The Morgan fingerprint density at radius 1 is 1.52 bits per heavy atom. The lowest BCUT2D eigenvalue weighted by Crippen LogP contribution is -2.51. The summed E-state index contributed by atoms with van der Waals surface area (Å²) in [5.41, 5.74) is 0.513. The van der Waals surface area contributed by atoms with Crippen LogP contribution in [0.2, 0.25) is 0 Å². The molecule has 0 unspecified atom stereocenters. The van der Waals surface area contributed by atoms with Crippen LogP contribution in [0.5, 0.6) is 0 Å². The standard InChI is InChI=1S/C12H16N6O6S/c13-11(16-10(19)3-7-4-14-6-15-7)9-2-1-8-5-17(9)12(20)18(8)24-25(21,22)23/h4,6,8-9H,1-3,5H2,(H,14,15)(H2,13,16,19)(H,21,22,23)/t8-,9+/m1/s1. The van der Waals surface area contributed by atoms with Gasteiger partial charge in [0.1, 0.15) is 5.84 Å². The van der Waals surface area contributed by atoms with Gasteiger partial charge in [-0.05, 0) is 12.8 Å². The van der Waals surface area contributed by atoms with Gasteiger partial charge in [0.15, 0.2) is 0 Å². The average molecular weight is 372 g/mol. The highest BCUT2D eigenvalue weighted by Crippen LogP contribution is 2.30. The number of H-pyrrole nitrogens is 1. The first-order valence-electron chi connectivity index (χ1n) is 7.37. The first kappa shape index (κ1) is 17.3. The fourth-order valence-electron chi connectivity index (χ4n) is 2.96. The van der Waals surface area contributed by atoms with E-state index in [1.54, 1.807) is 6.20 Å². The van der Waals surface area contributed by atoms with Gasteiger partial charge in [-0.1, -0.05) is 0 Å². The number of rotatable bonds is 5. The maximum Gasteiger partial charge on any atom is 0.418 e. The molecule has 0 aliphatic carbocycles. The Bertz CT molecular complexity index is 793. The van der Waals surface area contributed by atoms with Crippen molar-refractivity contribution in [2.75, 3.05) is 6.54 Å². The molecule has 3 heterocycles. The number of amides is 3. The van der Waals surface area contributed by atoms with Gasteiger partial charge in [0.05, 0.1) is 30.5 Å². The Morgan fingerprint density at radius 3 is 2.92 bits per heavy atom. The van der Waals surface area contributed by atoms with Crippen LogP contribution in [0.3, 0.4) is 0 Å². The third kappa shape index (κ3) is 3.78. The van der Waals surface area contributed by atoms with Crippen LogP contribution in [0.25, 0.3) is 0 Å². The van der Waals surface area contributed by atoms with E-state index >= 15 is 0 Å². The summed E-state index contributed by atoms with van der Waals surface area (Å²) >= 11 is 0. The largest absolute Gasteiger partial charge is 0.418 e. The summed E-state index contributed by atoms with van der Waals surface area (Å²) in [7, 11) is -4.82. The predicted molar refractivity (Wildman–Crippen MR) is 81.5 cm³/mol. The maximum atomic E-state index is 12.2. The van der Waals surface area contributed by atoms with Crippen LogP contribution < -0.4 is 5.32 Å². The van der Waals surface area contributed by atoms with Crippen molar-refractivity contribution in [2.24, 2.45) is 0 Å². The maximum absolute atomic E-state index is 12.2. The molecule has 2 bridgehead atoms. The molecule has 2 saturated heterocycles. The van der Waals surface area contributed by atoms with Crippen LogP contribution >= 0.6 is 0 Å². The van der Waals surface area contributed by atoms with Gasteiger partial charge in [-0.3, -0.25) is 14.8 Å². The zero-order valence-electron chi connectivity index (χ0n) is 12.9. The number of carbonyl (C=O) groups is 2. The molecule has 25 heavy (non-hydrogen) atoms. The van der Waals surface area contributed by atoms with Gasteiger partial charge in [0.25, 0.3) is 0 Å². The first-order chi connectivity index (χ1) is 11.7. The van der Waals surface area contributed by atoms with Crippen molar-refractivity contribution in [1.29, 1.82) is 5.41 Å². The Balaban J connectivity index is 1.63. The normalized spacial score (nSPS) is 23.0. The Hall–Kier alpha value is -2.51. The van der Waals surface area contributed by atoms with E-state index < -0.39 is 34.4 Å². The molecule has 0 spiro atoms. The van der Waals surface area contributed by atoms with Crippen LogP contribution in [-0.2, 0) is 25.9 Å². The summed E-state index contributed by atoms with van der Waals surface area (Å²) < 4.78 is 34.8. The van der Waals surface area contributed by atoms with Crippen molar-refractivity contribution in [2.45, 2.75) is 31.3 Å². The molecule has 2 atom stereocenters. The number of urea groups is 1. The minimum atomic E-state index is -4.82. The fraction of sp³-hybridized carbons (Fsp3) is 0.500. The highest BCUT2D eigenvalue weighted by atomic mass is 32.3. The highest BCUT2D eigenvalue weighted by Gasteiger charge is 2.48. The number of hydrogen-bond donors (Lipinski definition) is 4. The monoisotopic (exact) mass is 372 g/mol. The van der Waals surface area contributed by atoms with E-state index in [2.05, 4.69) is 19.6 Å². The van der Waals surface area contributed by atoms with Gasteiger partial charge in [-0.25, -0.2) is 9.78 Å². The number of imidazole rings is 1. The molecular formula is C12H16N6O6S. The molecular weight excluding hydrogens is 356 g/mol. The van der Waals surface area contributed by atoms with Crippen LogP contribution in [0.15, 0.2) is 12.5 Å². The van der Waals surface area contributed by atoms with E-state index in [0.29, 0.717) is 23.6 Å². The average Bonchev–Trinajstić information content (AvgIpc) is 3.09. The second-order valence-electron chi connectivity index (χ2n) is 5.71. The van der Waals surface area contributed by atoms with Gasteiger partial charge in [0.2, 0.25) is 5.91 Å². The van der Waals surface area contributed by atoms with E-state index in [0.717, 1.165) is 0 Å². The molecule has 0 aromatic carbocycles. The van der Waals surface area contributed by atoms with E-state index in [1.165, 1.54) is 11.2 Å². The molecule has 12 nitrogen and oxygen atoms in total. The molecule has 0 radical (unpaired) electrons. The number of aromatic nitrogens is 2. The number of piperidine rings is 1. The molecule has 136 valence electrons. The Kier molecular flexibility index (Phi) is 4.45. The van der Waals surface area contributed by atoms with E-state index in [1.807, 2.05) is 0 Å². The summed E-state index contributed by atoms with van der Waals surface area (Å²) in [5.74, 6) is -0.613. The molecule has 3 amide bonds. The van der Waals surface area contributed by atoms with Crippen molar-refractivity contribution in [3.05, 3.63) is 18.2 Å². The van der Waals surface area contributed by atoms with Crippen LogP contribution in [0.4, 0.5) is 4.79 Å². The van der Waals surface area contributed by atoms with Crippen molar-refractivity contribution in [3.8, 4) is 0 Å². The lowest BCUT2D eigenvalue weighted by atomic mass is 10.00. The third-order valence-electron chi connectivity index (χ3n) is 4.00. The molecule has 3 rings (SSSR count). The highest BCUT2D eigenvalue weighted by molar-refractivity contribution is 7.80. The number of fused-ring (bicyclic) bond motifs is 2. The number of nitrogens with zero attached hydrogens (tertiary/aromatic N) is 3. The first-order valence-corrected chi connectivity index (χ1v) is 8.74. The molecule has 0 saturated carbocycles. The summed E-state index contributed by atoms with van der Waals surface area (Å²) in [6, 6.07) is -2.03. The van der Waals surface area contributed by atoms with Crippen LogP contribution in [0.1, 0.15) is 18.5 Å². The molecule has 2 aliphatic rings. The molecule has 2 fully saturated rings. The minimum Gasteiger partial charge on any atom is -0.351 e. The summed E-state index contributed by atoms with van der Waals surface area (Å²) in [5, 5.41) is 11.1. The number of carbonyl (C=O) groups excluding carboxylic acids is 2. The molecule has 1 aromatic heterocycles. The quantitative estimate of drug-likeness (QED) is 0.293. The fourth-order valence-corrected chi connectivity index (χ4v) is 3.35. The predicted octanol–water partition coefficient (Wildman–Crippen LogP) is -0.951. The molecule has 4 N–H and O–H groups in total. The van der Waals surface area contributed by atoms with E-state index in [-0.39, 0.29) is 18.8 Å². The molecule has 13 heteroatoms. The van der Waals surface area contributed by atoms with E-state index in [4.69, 9.17) is 9.96 Å². The zero-order valence-corrected chi connectivity index (χ0v) is 13.7. The SMILES string of the molecule is N=C(NC(=O)Cc1c[nH]cn1)[C@@H]1CC[C@@H]2CN1C(=O)N2OS(=O)(=O)O. The number of nitrogens with one attached hydrogen (secondary N) is 3. The van der Waals surface area contributed by atoms with E-state index in [9.17, 15) is 18.0 Å². The molecule has 1 aromatic rings. The van der Waals surface area contributed by atoms with Crippen molar-refractivity contribution in [1.82, 2.24) is 25.2 Å². The van der Waals surface area contributed by atoms with Crippen molar-refractivity contribution in [3.63, 3.8) is 0 Å². The van der Waals surface area contributed by atoms with Crippen LogP contribution in [-0.4, -0.2) is 69.3 Å².